The summed E-state index contributed by atoms with van der Waals surface area (Å²) in [6.07, 6.45) is 2.35. The smallest absolute Gasteiger partial charge is 0.240 e. The molecule has 2 rings (SSSR count). The highest BCUT2D eigenvalue weighted by Crippen LogP contribution is 2.48. The molecule has 0 bridgehead atoms. The first-order valence-electron chi connectivity index (χ1n) is 6.04. The lowest BCUT2D eigenvalue weighted by atomic mass is 10.0. The molecule has 0 unspecified atom stereocenters. The van der Waals surface area contributed by atoms with Crippen LogP contribution in [0.25, 0.3) is 0 Å². The first kappa shape index (κ1) is 14.2. The summed E-state index contributed by atoms with van der Waals surface area (Å²) in [7, 11) is -3.77. The molecule has 0 heterocycles. The molecule has 0 radical (unpaired) electrons. The second-order valence-electron chi connectivity index (χ2n) is 5.02. The van der Waals surface area contributed by atoms with Crippen LogP contribution in [0.2, 0.25) is 0 Å². The number of rotatable bonds is 6. The topological polar surface area (TPSA) is 92.4 Å². The first-order valence-corrected chi connectivity index (χ1v) is 7.52. The van der Waals surface area contributed by atoms with E-state index in [0.717, 1.165) is 25.0 Å². The van der Waals surface area contributed by atoms with E-state index in [4.69, 9.17) is 10.8 Å². The fraction of sp³-hybridized carbons (Fsp3) is 0.500. The Balaban J connectivity index is 2.10. The van der Waals surface area contributed by atoms with Crippen LogP contribution >= 0.6 is 0 Å². The molecule has 1 aromatic rings. The highest BCUT2D eigenvalue weighted by molar-refractivity contribution is 7.89. The van der Waals surface area contributed by atoms with E-state index >= 15 is 0 Å². The summed E-state index contributed by atoms with van der Waals surface area (Å²) in [6.45, 7) is 0.293. The van der Waals surface area contributed by atoms with Gasteiger partial charge in [-0.1, -0.05) is 0 Å². The Morgan fingerprint density at radius 1 is 1.37 bits per heavy atom. The number of aliphatic hydroxyl groups is 1. The van der Waals surface area contributed by atoms with Gasteiger partial charge in [0, 0.05) is 18.8 Å². The van der Waals surface area contributed by atoms with Gasteiger partial charge in [0.25, 0.3) is 0 Å². The van der Waals surface area contributed by atoms with Gasteiger partial charge in [0.05, 0.1) is 4.90 Å². The van der Waals surface area contributed by atoms with Crippen LogP contribution in [-0.2, 0) is 10.0 Å². The zero-order valence-electron chi connectivity index (χ0n) is 10.4. The van der Waals surface area contributed by atoms with Gasteiger partial charge in [-0.3, -0.25) is 0 Å². The van der Waals surface area contributed by atoms with Gasteiger partial charge < -0.3 is 10.8 Å². The highest BCUT2D eigenvalue weighted by Gasteiger charge is 2.42. The lowest BCUT2D eigenvalue weighted by Crippen LogP contribution is -2.31. The standard InChI is InChI=1S/C12H17FN2O3S/c13-9-5-10(14)7-11(6-9)19(17,18)15-8-12(1-2-12)3-4-16/h5-7,15-16H,1-4,8,14H2. The maximum Gasteiger partial charge on any atom is 0.240 e. The third-order valence-electron chi connectivity index (χ3n) is 3.44. The minimum Gasteiger partial charge on any atom is -0.399 e. The summed E-state index contributed by atoms with van der Waals surface area (Å²) in [5.74, 6) is -0.683. The number of hydrogen-bond acceptors (Lipinski definition) is 4. The lowest BCUT2D eigenvalue weighted by molar-refractivity contribution is 0.249. The van der Waals surface area contributed by atoms with E-state index in [9.17, 15) is 12.8 Å². The molecule has 1 aliphatic rings. The Morgan fingerprint density at radius 2 is 2.05 bits per heavy atom. The Labute approximate surface area is 111 Å². The molecule has 0 aliphatic heterocycles. The largest absolute Gasteiger partial charge is 0.399 e. The minimum absolute atomic E-state index is 0.0364. The van der Waals surface area contributed by atoms with Gasteiger partial charge in [-0.05, 0) is 42.9 Å². The van der Waals surface area contributed by atoms with Gasteiger partial charge >= 0.3 is 0 Å². The second-order valence-corrected chi connectivity index (χ2v) is 6.79. The number of anilines is 1. The van der Waals surface area contributed by atoms with E-state index in [1.807, 2.05) is 0 Å². The molecule has 1 fully saturated rings. The van der Waals surface area contributed by atoms with Crippen LogP contribution in [0.15, 0.2) is 23.1 Å². The number of halogens is 1. The second kappa shape index (κ2) is 5.07. The Morgan fingerprint density at radius 3 is 2.58 bits per heavy atom. The van der Waals surface area contributed by atoms with Crippen molar-refractivity contribution in [3.05, 3.63) is 24.0 Å². The summed E-state index contributed by atoms with van der Waals surface area (Å²) in [4.78, 5) is -0.176. The van der Waals surface area contributed by atoms with Crippen molar-refractivity contribution in [2.75, 3.05) is 18.9 Å². The van der Waals surface area contributed by atoms with Crippen LogP contribution in [0.5, 0.6) is 0 Å². The zero-order chi connectivity index (χ0) is 14.1. The van der Waals surface area contributed by atoms with Crippen molar-refractivity contribution >= 4 is 15.7 Å². The number of hydrogen-bond donors (Lipinski definition) is 3. The van der Waals surface area contributed by atoms with Crippen LogP contribution in [0.4, 0.5) is 10.1 Å². The van der Waals surface area contributed by atoms with Crippen molar-refractivity contribution in [1.29, 1.82) is 0 Å². The fourth-order valence-electron chi connectivity index (χ4n) is 2.00. The van der Waals surface area contributed by atoms with E-state index in [-0.39, 0.29) is 29.1 Å². The van der Waals surface area contributed by atoms with Crippen LogP contribution < -0.4 is 10.5 Å². The molecule has 0 saturated heterocycles. The zero-order valence-corrected chi connectivity index (χ0v) is 11.2. The number of benzene rings is 1. The molecule has 7 heteroatoms. The Bertz CT molecular complexity index is 550. The van der Waals surface area contributed by atoms with Crippen LogP contribution in [0, 0.1) is 11.2 Å². The molecule has 0 atom stereocenters. The fourth-order valence-corrected chi connectivity index (χ4v) is 3.22. The lowest BCUT2D eigenvalue weighted by Gasteiger charge is -2.15. The molecular weight excluding hydrogens is 271 g/mol. The summed E-state index contributed by atoms with van der Waals surface area (Å²) < 4.78 is 39.7. The average Bonchev–Trinajstić information content (AvgIpc) is 3.06. The molecular formula is C12H17FN2O3S. The van der Waals surface area contributed by atoms with Gasteiger partial charge in [0.1, 0.15) is 5.82 Å². The van der Waals surface area contributed by atoms with E-state index in [2.05, 4.69) is 4.72 Å². The summed E-state index contributed by atoms with van der Waals surface area (Å²) in [5, 5.41) is 8.92. The first-order chi connectivity index (χ1) is 8.87. The SMILES string of the molecule is Nc1cc(F)cc(S(=O)(=O)NCC2(CCO)CC2)c1. The third kappa shape index (κ3) is 3.43. The summed E-state index contributed by atoms with van der Waals surface area (Å²) in [5.41, 5.74) is 5.36. The van der Waals surface area contributed by atoms with Crippen molar-refractivity contribution in [2.45, 2.75) is 24.2 Å². The van der Waals surface area contributed by atoms with Gasteiger partial charge in [0.15, 0.2) is 0 Å². The van der Waals surface area contributed by atoms with Crippen LogP contribution in [0.3, 0.4) is 0 Å². The predicted molar refractivity (Wildman–Crippen MR) is 69.4 cm³/mol. The van der Waals surface area contributed by atoms with E-state index in [1.54, 1.807) is 0 Å². The number of nitrogens with one attached hydrogen (secondary N) is 1. The van der Waals surface area contributed by atoms with Gasteiger partial charge in [-0.15, -0.1) is 0 Å². The minimum atomic E-state index is -3.77. The van der Waals surface area contributed by atoms with Crippen LogP contribution in [0.1, 0.15) is 19.3 Å². The molecule has 0 spiro atoms. The summed E-state index contributed by atoms with van der Waals surface area (Å²) in [6, 6.07) is 3.22. The van der Waals surface area contributed by atoms with Crippen molar-refractivity contribution in [1.82, 2.24) is 4.72 Å². The number of sulfonamides is 1. The predicted octanol–water partition coefficient (Wildman–Crippen LogP) is 0.849. The van der Waals surface area contributed by atoms with Crippen molar-refractivity contribution in [2.24, 2.45) is 5.41 Å². The molecule has 4 N–H and O–H groups in total. The molecule has 1 saturated carbocycles. The van der Waals surface area contributed by atoms with Crippen molar-refractivity contribution in [3.8, 4) is 0 Å². The summed E-state index contributed by atoms with van der Waals surface area (Å²) >= 11 is 0. The molecule has 19 heavy (non-hydrogen) atoms. The molecule has 0 aromatic heterocycles. The number of aliphatic hydroxyl groups excluding tert-OH is 1. The Kier molecular flexibility index (Phi) is 3.80. The molecule has 106 valence electrons. The maximum atomic E-state index is 13.2. The molecule has 1 aromatic carbocycles. The molecule has 5 nitrogen and oxygen atoms in total. The number of nitrogen functional groups attached to an aromatic ring is 1. The third-order valence-corrected chi connectivity index (χ3v) is 4.82. The van der Waals surface area contributed by atoms with E-state index in [0.29, 0.717) is 6.42 Å². The van der Waals surface area contributed by atoms with Gasteiger partial charge in [0.2, 0.25) is 10.0 Å². The van der Waals surface area contributed by atoms with E-state index in [1.165, 1.54) is 6.07 Å². The van der Waals surface area contributed by atoms with E-state index < -0.39 is 15.8 Å². The highest BCUT2D eigenvalue weighted by atomic mass is 32.2. The quantitative estimate of drug-likeness (QED) is 0.677. The number of nitrogens with two attached hydrogens (primary N) is 1. The van der Waals surface area contributed by atoms with Gasteiger partial charge in [-0.25, -0.2) is 17.5 Å². The molecule has 1 aliphatic carbocycles. The molecule has 0 amide bonds. The average molecular weight is 288 g/mol. The van der Waals surface area contributed by atoms with Gasteiger partial charge in [-0.2, -0.15) is 0 Å². The maximum absolute atomic E-state index is 13.2. The monoisotopic (exact) mass is 288 g/mol. The Hall–Kier alpha value is -1.18. The van der Waals surface area contributed by atoms with Crippen molar-refractivity contribution in [3.63, 3.8) is 0 Å². The normalized spacial score (nSPS) is 17.4. The van der Waals surface area contributed by atoms with Crippen molar-refractivity contribution < 1.29 is 17.9 Å². The van der Waals surface area contributed by atoms with Crippen LogP contribution in [-0.4, -0.2) is 26.7 Å².